The van der Waals surface area contributed by atoms with Gasteiger partial charge in [0, 0.05) is 13.1 Å². The van der Waals surface area contributed by atoms with Gasteiger partial charge >= 0.3 is 6.18 Å². The molecule has 1 saturated carbocycles. The second-order valence-electron chi connectivity index (χ2n) is 6.73. The summed E-state index contributed by atoms with van der Waals surface area (Å²) in [7, 11) is 0. The van der Waals surface area contributed by atoms with Gasteiger partial charge in [0.15, 0.2) is 0 Å². The van der Waals surface area contributed by atoms with E-state index in [9.17, 15) is 13.2 Å². The van der Waals surface area contributed by atoms with E-state index in [0.29, 0.717) is 13.0 Å². The normalized spacial score (nSPS) is 29.1. The van der Waals surface area contributed by atoms with Crippen LogP contribution in [0.4, 0.5) is 13.2 Å². The first-order valence-corrected chi connectivity index (χ1v) is 7.94. The minimum atomic E-state index is -4.04. The van der Waals surface area contributed by atoms with Gasteiger partial charge in [0.05, 0.1) is 5.92 Å². The minimum absolute atomic E-state index is 0.0595. The van der Waals surface area contributed by atoms with E-state index in [-0.39, 0.29) is 18.4 Å². The molecule has 2 nitrogen and oxygen atoms in total. The Bertz CT molecular complexity index is 296. The fraction of sp³-hybridized carbons (Fsp3) is 1.00. The Balaban J connectivity index is 1.96. The van der Waals surface area contributed by atoms with Gasteiger partial charge in [0.1, 0.15) is 0 Å². The third kappa shape index (κ3) is 4.10. The van der Waals surface area contributed by atoms with E-state index in [4.69, 9.17) is 5.73 Å². The van der Waals surface area contributed by atoms with Gasteiger partial charge in [-0.05, 0) is 44.2 Å². The smallest absolute Gasteiger partial charge is 0.330 e. The third-order valence-corrected chi connectivity index (χ3v) is 5.12. The van der Waals surface area contributed by atoms with Crippen molar-refractivity contribution in [2.75, 3.05) is 26.2 Å². The third-order valence-electron chi connectivity index (χ3n) is 5.12. The van der Waals surface area contributed by atoms with Gasteiger partial charge < -0.3 is 10.6 Å². The van der Waals surface area contributed by atoms with Crippen LogP contribution in [-0.4, -0.2) is 37.3 Å². The van der Waals surface area contributed by atoms with Gasteiger partial charge in [-0.1, -0.05) is 25.7 Å². The summed E-state index contributed by atoms with van der Waals surface area (Å²) in [6.45, 7) is 2.34. The van der Waals surface area contributed by atoms with Crippen LogP contribution in [0.5, 0.6) is 0 Å². The zero-order valence-electron chi connectivity index (χ0n) is 12.2. The molecule has 1 saturated heterocycles. The largest absolute Gasteiger partial charge is 0.393 e. The predicted octanol–water partition coefficient (Wildman–Crippen LogP) is 3.56. The minimum Gasteiger partial charge on any atom is -0.330 e. The number of halogens is 3. The Labute approximate surface area is 119 Å². The molecule has 20 heavy (non-hydrogen) atoms. The van der Waals surface area contributed by atoms with Crippen LogP contribution in [0, 0.1) is 11.3 Å². The molecule has 0 radical (unpaired) electrons. The van der Waals surface area contributed by atoms with Crippen LogP contribution in [-0.2, 0) is 0 Å². The van der Waals surface area contributed by atoms with Gasteiger partial charge in [0.2, 0.25) is 0 Å². The second-order valence-corrected chi connectivity index (χ2v) is 6.73. The molecule has 0 aromatic heterocycles. The van der Waals surface area contributed by atoms with Crippen molar-refractivity contribution in [2.45, 2.75) is 57.5 Å². The number of nitrogens with two attached hydrogens (primary N) is 1. The SMILES string of the molecule is NCC1(CN2CCCC(C(F)(F)F)C2)CCCCCC1. The van der Waals surface area contributed by atoms with E-state index in [1.807, 2.05) is 4.90 Å². The van der Waals surface area contributed by atoms with Crippen molar-refractivity contribution in [3.05, 3.63) is 0 Å². The summed E-state index contributed by atoms with van der Waals surface area (Å²) in [4.78, 5) is 2.03. The lowest BCUT2D eigenvalue weighted by Crippen LogP contribution is -2.48. The van der Waals surface area contributed by atoms with Crippen molar-refractivity contribution >= 4 is 0 Å². The number of piperidine rings is 1. The van der Waals surface area contributed by atoms with Gasteiger partial charge in [-0.3, -0.25) is 0 Å². The summed E-state index contributed by atoms with van der Waals surface area (Å²) in [5, 5.41) is 0. The molecule has 2 aliphatic rings. The number of hydrogen-bond donors (Lipinski definition) is 1. The first-order chi connectivity index (χ1) is 9.45. The molecule has 0 amide bonds. The monoisotopic (exact) mass is 292 g/mol. The highest BCUT2D eigenvalue weighted by atomic mass is 19.4. The van der Waals surface area contributed by atoms with Crippen LogP contribution in [0.2, 0.25) is 0 Å². The Morgan fingerprint density at radius 3 is 2.25 bits per heavy atom. The molecule has 2 fully saturated rings. The lowest BCUT2D eigenvalue weighted by molar-refractivity contribution is -0.187. The molecular formula is C15H27F3N2. The van der Waals surface area contributed by atoms with Gasteiger partial charge in [-0.2, -0.15) is 13.2 Å². The van der Waals surface area contributed by atoms with Crippen LogP contribution < -0.4 is 5.73 Å². The van der Waals surface area contributed by atoms with E-state index >= 15 is 0 Å². The van der Waals surface area contributed by atoms with E-state index in [1.165, 1.54) is 25.7 Å². The van der Waals surface area contributed by atoms with Crippen LogP contribution in [0.15, 0.2) is 0 Å². The highest BCUT2D eigenvalue weighted by Crippen LogP contribution is 2.38. The summed E-state index contributed by atoms with van der Waals surface area (Å²) in [6, 6.07) is 0. The summed E-state index contributed by atoms with van der Waals surface area (Å²) < 4.78 is 38.7. The van der Waals surface area contributed by atoms with Crippen LogP contribution in [0.25, 0.3) is 0 Å². The Morgan fingerprint density at radius 1 is 1.05 bits per heavy atom. The van der Waals surface area contributed by atoms with Crippen molar-refractivity contribution in [3.8, 4) is 0 Å². The zero-order valence-corrected chi connectivity index (χ0v) is 12.2. The summed E-state index contributed by atoms with van der Waals surface area (Å²) in [5.41, 5.74) is 6.06. The summed E-state index contributed by atoms with van der Waals surface area (Å²) >= 11 is 0. The molecule has 2 rings (SSSR count). The quantitative estimate of drug-likeness (QED) is 0.806. The lowest BCUT2D eigenvalue weighted by Gasteiger charge is -2.41. The second kappa shape index (κ2) is 6.65. The van der Waals surface area contributed by atoms with Crippen molar-refractivity contribution in [2.24, 2.45) is 17.1 Å². The molecule has 0 aromatic rings. The number of nitrogens with zero attached hydrogens (tertiary/aromatic N) is 1. The molecule has 1 aliphatic carbocycles. The topological polar surface area (TPSA) is 29.3 Å². The maximum atomic E-state index is 12.9. The molecular weight excluding hydrogens is 265 g/mol. The maximum Gasteiger partial charge on any atom is 0.393 e. The van der Waals surface area contributed by atoms with Crippen molar-refractivity contribution < 1.29 is 13.2 Å². The highest BCUT2D eigenvalue weighted by Gasteiger charge is 2.43. The molecule has 1 heterocycles. The van der Waals surface area contributed by atoms with Crippen molar-refractivity contribution in [1.82, 2.24) is 4.90 Å². The van der Waals surface area contributed by atoms with E-state index in [2.05, 4.69) is 0 Å². The molecule has 0 bridgehead atoms. The average Bonchev–Trinajstić information content (AvgIpc) is 2.64. The number of rotatable bonds is 3. The number of alkyl halides is 3. The van der Waals surface area contributed by atoms with Crippen molar-refractivity contribution in [1.29, 1.82) is 0 Å². The Hall–Kier alpha value is -0.290. The molecule has 5 heteroatoms. The molecule has 0 aromatic carbocycles. The van der Waals surface area contributed by atoms with E-state index in [0.717, 1.165) is 25.9 Å². The van der Waals surface area contributed by atoms with Crippen LogP contribution in [0.1, 0.15) is 51.4 Å². The number of hydrogen-bond acceptors (Lipinski definition) is 2. The molecule has 1 atom stereocenters. The Kier molecular flexibility index (Phi) is 5.35. The predicted molar refractivity (Wildman–Crippen MR) is 74.4 cm³/mol. The van der Waals surface area contributed by atoms with Crippen LogP contribution >= 0.6 is 0 Å². The van der Waals surface area contributed by atoms with Gasteiger partial charge in [0.25, 0.3) is 0 Å². The maximum absolute atomic E-state index is 12.9. The first-order valence-electron chi connectivity index (χ1n) is 7.94. The summed E-state index contributed by atoms with van der Waals surface area (Å²) in [6.07, 6.45) is 3.90. The fourth-order valence-corrected chi connectivity index (χ4v) is 3.85. The zero-order chi connectivity index (χ0) is 14.6. The van der Waals surface area contributed by atoms with Gasteiger partial charge in [-0.15, -0.1) is 0 Å². The Morgan fingerprint density at radius 2 is 1.70 bits per heavy atom. The molecule has 2 N–H and O–H groups in total. The molecule has 1 unspecified atom stereocenters. The standard InChI is InChI=1S/C15H27F3N2/c16-15(17,18)13-6-5-9-20(10-13)12-14(11-19)7-3-1-2-4-8-14/h13H,1-12,19H2. The molecule has 1 aliphatic heterocycles. The summed E-state index contributed by atoms with van der Waals surface area (Å²) in [5.74, 6) is -1.14. The number of likely N-dealkylation sites (tertiary alicyclic amines) is 1. The highest BCUT2D eigenvalue weighted by molar-refractivity contribution is 4.88. The van der Waals surface area contributed by atoms with E-state index < -0.39 is 12.1 Å². The van der Waals surface area contributed by atoms with Gasteiger partial charge in [-0.25, -0.2) is 0 Å². The fourth-order valence-electron chi connectivity index (χ4n) is 3.85. The molecule has 0 spiro atoms. The van der Waals surface area contributed by atoms with E-state index in [1.54, 1.807) is 0 Å². The lowest BCUT2D eigenvalue weighted by atomic mass is 9.79. The average molecular weight is 292 g/mol. The molecule has 118 valence electrons. The van der Waals surface area contributed by atoms with Crippen LogP contribution in [0.3, 0.4) is 0 Å². The first kappa shape index (κ1) is 16.1. The van der Waals surface area contributed by atoms with Crippen molar-refractivity contribution in [3.63, 3.8) is 0 Å².